The number of carbonyl (C=O) groups excluding carboxylic acids is 2. The maximum atomic E-state index is 12.3. The zero-order chi connectivity index (χ0) is 20.5. The molecular weight excluding hydrogens is 358 g/mol. The van der Waals surface area contributed by atoms with Gasteiger partial charge in [-0.25, -0.2) is 0 Å². The fraction of sp³-hybridized carbons (Fsp3) is 0.333. The molecule has 0 radical (unpaired) electrons. The van der Waals surface area contributed by atoms with E-state index in [1.807, 2.05) is 19.9 Å². The maximum Gasteiger partial charge on any atom is 0.253 e. The van der Waals surface area contributed by atoms with Gasteiger partial charge in [-0.05, 0) is 44.2 Å². The van der Waals surface area contributed by atoms with E-state index >= 15 is 0 Å². The van der Waals surface area contributed by atoms with Gasteiger partial charge in [-0.2, -0.15) is 0 Å². The van der Waals surface area contributed by atoms with Gasteiger partial charge in [0, 0.05) is 37.1 Å². The average Bonchev–Trinajstić information content (AvgIpc) is 2.68. The van der Waals surface area contributed by atoms with Crippen molar-refractivity contribution < 1.29 is 19.1 Å². The molecule has 150 valence electrons. The van der Waals surface area contributed by atoms with E-state index in [0.29, 0.717) is 41.7 Å². The Balaban J connectivity index is 1.98. The molecule has 0 heterocycles. The molecule has 2 amide bonds. The van der Waals surface area contributed by atoms with Crippen LogP contribution in [0.4, 0.5) is 11.4 Å². The van der Waals surface area contributed by atoms with Gasteiger partial charge >= 0.3 is 0 Å². The van der Waals surface area contributed by atoms with E-state index < -0.39 is 0 Å². The van der Waals surface area contributed by atoms with E-state index in [4.69, 9.17) is 9.47 Å². The van der Waals surface area contributed by atoms with Gasteiger partial charge in [0.15, 0.2) is 11.5 Å². The quantitative estimate of drug-likeness (QED) is 0.693. The largest absolute Gasteiger partial charge is 0.490 e. The van der Waals surface area contributed by atoms with Crippen LogP contribution in [-0.4, -0.2) is 50.6 Å². The number of ether oxygens (including phenoxy) is 2. The highest BCUT2D eigenvalue weighted by atomic mass is 16.5. The van der Waals surface area contributed by atoms with Gasteiger partial charge in [0.05, 0.1) is 19.8 Å². The van der Waals surface area contributed by atoms with Crippen LogP contribution in [0.1, 0.15) is 24.2 Å². The molecule has 0 spiro atoms. The van der Waals surface area contributed by atoms with Crippen LogP contribution in [0.15, 0.2) is 42.5 Å². The van der Waals surface area contributed by atoms with E-state index in [9.17, 15) is 9.59 Å². The van der Waals surface area contributed by atoms with Crippen LogP contribution in [0.25, 0.3) is 0 Å². The Morgan fingerprint density at radius 2 is 1.64 bits per heavy atom. The van der Waals surface area contributed by atoms with Gasteiger partial charge in [-0.1, -0.05) is 6.07 Å². The molecule has 7 nitrogen and oxygen atoms in total. The number of rotatable bonds is 9. The number of nitrogens with one attached hydrogen (secondary N) is 2. The third-order valence-corrected chi connectivity index (χ3v) is 3.80. The number of benzene rings is 2. The molecule has 0 unspecified atom stereocenters. The Labute approximate surface area is 165 Å². The number of hydrogen-bond acceptors (Lipinski definition) is 5. The molecule has 7 heteroatoms. The first-order valence-corrected chi connectivity index (χ1v) is 9.19. The fourth-order valence-electron chi connectivity index (χ4n) is 2.54. The molecule has 0 aliphatic rings. The van der Waals surface area contributed by atoms with Crippen LogP contribution in [0.2, 0.25) is 0 Å². The van der Waals surface area contributed by atoms with Crippen molar-refractivity contribution in [3.8, 4) is 11.5 Å². The summed E-state index contributed by atoms with van der Waals surface area (Å²) in [6.07, 6.45) is 0. The van der Waals surface area contributed by atoms with Crippen LogP contribution in [0.5, 0.6) is 11.5 Å². The van der Waals surface area contributed by atoms with Crippen molar-refractivity contribution in [3.05, 3.63) is 48.0 Å². The predicted octanol–water partition coefficient (Wildman–Crippen LogP) is 3.24. The molecule has 0 saturated carbocycles. The lowest BCUT2D eigenvalue weighted by Gasteiger charge is -2.14. The first kappa shape index (κ1) is 21.1. The summed E-state index contributed by atoms with van der Waals surface area (Å²) >= 11 is 0. The standard InChI is InChI=1S/C21H27N3O4/c1-5-27-18-11-10-17(13-19(18)28-6-2)23-20(25)14-22-16-9-7-8-15(12-16)21(26)24(3)4/h7-13,22H,5-6,14H2,1-4H3,(H,23,25). The van der Waals surface area contributed by atoms with Gasteiger partial charge in [0.2, 0.25) is 5.91 Å². The molecule has 0 aliphatic heterocycles. The summed E-state index contributed by atoms with van der Waals surface area (Å²) in [6, 6.07) is 12.3. The number of anilines is 2. The van der Waals surface area contributed by atoms with E-state index in [0.717, 1.165) is 0 Å². The molecule has 0 fully saturated rings. The number of carbonyl (C=O) groups is 2. The summed E-state index contributed by atoms with van der Waals surface area (Å²) in [5, 5.41) is 5.86. The second kappa shape index (κ2) is 10.2. The Morgan fingerprint density at radius 3 is 2.32 bits per heavy atom. The fourth-order valence-corrected chi connectivity index (χ4v) is 2.54. The third-order valence-electron chi connectivity index (χ3n) is 3.80. The monoisotopic (exact) mass is 385 g/mol. The Bertz CT molecular complexity index is 821. The van der Waals surface area contributed by atoms with Crippen LogP contribution in [-0.2, 0) is 4.79 Å². The minimum atomic E-state index is -0.212. The summed E-state index contributed by atoms with van der Waals surface area (Å²) in [7, 11) is 3.40. The van der Waals surface area contributed by atoms with Gasteiger partial charge in [0.1, 0.15) is 0 Å². The molecule has 0 saturated heterocycles. The zero-order valence-electron chi connectivity index (χ0n) is 16.7. The molecule has 0 aliphatic carbocycles. The Kier molecular flexibility index (Phi) is 7.68. The molecule has 2 rings (SSSR count). The molecule has 0 atom stereocenters. The highest BCUT2D eigenvalue weighted by Crippen LogP contribution is 2.30. The van der Waals surface area contributed by atoms with Crippen molar-refractivity contribution in [1.82, 2.24) is 4.90 Å². The molecule has 2 aromatic carbocycles. The first-order chi connectivity index (χ1) is 13.4. The van der Waals surface area contributed by atoms with Crippen molar-refractivity contribution in [2.24, 2.45) is 0 Å². The van der Waals surface area contributed by atoms with Crippen molar-refractivity contribution in [2.75, 3.05) is 44.5 Å². The SMILES string of the molecule is CCOc1ccc(NC(=O)CNc2cccc(C(=O)N(C)C)c2)cc1OCC. The molecule has 2 aromatic rings. The van der Waals surface area contributed by atoms with E-state index in [-0.39, 0.29) is 18.4 Å². The second-order valence-corrected chi connectivity index (χ2v) is 6.21. The highest BCUT2D eigenvalue weighted by Gasteiger charge is 2.10. The van der Waals surface area contributed by atoms with Crippen molar-refractivity contribution >= 4 is 23.2 Å². The van der Waals surface area contributed by atoms with Gasteiger partial charge in [-0.3, -0.25) is 9.59 Å². The predicted molar refractivity (Wildman–Crippen MR) is 110 cm³/mol. The van der Waals surface area contributed by atoms with Crippen LogP contribution < -0.4 is 20.1 Å². The van der Waals surface area contributed by atoms with Gasteiger partial charge in [-0.15, -0.1) is 0 Å². The molecule has 0 aromatic heterocycles. The van der Waals surface area contributed by atoms with E-state index in [2.05, 4.69) is 10.6 Å². The van der Waals surface area contributed by atoms with Crippen LogP contribution >= 0.6 is 0 Å². The minimum Gasteiger partial charge on any atom is -0.490 e. The second-order valence-electron chi connectivity index (χ2n) is 6.21. The highest BCUT2D eigenvalue weighted by molar-refractivity contribution is 5.96. The third kappa shape index (κ3) is 5.90. The van der Waals surface area contributed by atoms with Crippen molar-refractivity contribution in [2.45, 2.75) is 13.8 Å². The van der Waals surface area contributed by atoms with Crippen LogP contribution in [0.3, 0.4) is 0 Å². The lowest BCUT2D eigenvalue weighted by atomic mass is 10.2. The lowest BCUT2D eigenvalue weighted by Crippen LogP contribution is -2.23. The Morgan fingerprint density at radius 1 is 0.929 bits per heavy atom. The van der Waals surface area contributed by atoms with Crippen molar-refractivity contribution in [3.63, 3.8) is 0 Å². The maximum absolute atomic E-state index is 12.3. The lowest BCUT2D eigenvalue weighted by molar-refractivity contribution is -0.114. The summed E-state index contributed by atoms with van der Waals surface area (Å²) in [5.74, 6) is 0.926. The van der Waals surface area contributed by atoms with Crippen LogP contribution in [0, 0.1) is 0 Å². The molecule has 28 heavy (non-hydrogen) atoms. The summed E-state index contributed by atoms with van der Waals surface area (Å²) < 4.78 is 11.1. The van der Waals surface area contributed by atoms with Crippen molar-refractivity contribution in [1.29, 1.82) is 0 Å². The molecule has 2 N–H and O–H groups in total. The summed E-state index contributed by atoms with van der Waals surface area (Å²) in [5.41, 5.74) is 1.88. The summed E-state index contributed by atoms with van der Waals surface area (Å²) in [4.78, 5) is 25.8. The smallest absolute Gasteiger partial charge is 0.253 e. The number of nitrogens with zero attached hydrogens (tertiary/aromatic N) is 1. The molecule has 0 bridgehead atoms. The topological polar surface area (TPSA) is 79.9 Å². The summed E-state index contributed by atoms with van der Waals surface area (Å²) in [6.45, 7) is 4.89. The number of amides is 2. The average molecular weight is 385 g/mol. The molecular formula is C21H27N3O4. The zero-order valence-corrected chi connectivity index (χ0v) is 16.7. The Hall–Kier alpha value is -3.22. The van der Waals surface area contributed by atoms with Gasteiger partial charge in [0.25, 0.3) is 5.91 Å². The van der Waals surface area contributed by atoms with E-state index in [1.54, 1.807) is 50.5 Å². The van der Waals surface area contributed by atoms with E-state index in [1.165, 1.54) is 4.90 Å². The number of hydrogen-bond donors (Lipinski definition) is 2. The normalized spacial score (nSPS) is 10.1. The minimum absolute atomic E-state index is 0.0663. The first-order valence-electron chi connectivity index (χ1n) is 9.19. The van der Waals surface area contributed by atoms with Gasteiger partial charge < -0.3 is 25.0 Å².